The van der Waals surface area contributed by atoms with E-state index in [0.717, 1.165) is 35.8 Å². The minimum atomic E-state index is 0.379. The molecule has 0 aliphatic heterocycles. The molecule has 5 heteroatoms. The van der Waals surface area contributed by atoms with E-state index < -0.39 is 0 Å². The Kier molecular flexibility index (Phi) is 5.54. The summed E-state index contributed by atoms with van der Waals surface area (Å²) in [6.45, 7) is 4.91. The van der Waals surface area contributed by atoms with Gasteiger partial charge in [0.2, 0.25) is 0 Å². The first-order chi connectivity index (χ1) is 9.60. The van der Waals surface area contributed by atoms with Crippen molar-refractivity contribution in [1.82, 2.24) is 4.90 Å². The third-order valence-electron chi connectivity index (χ3n) is 3.14. The van der Waals surface area contributed by atoms with Crippen molar-refractivity contribution in [1.29, 1.82) is 0 Å². The highest BCUT2D eigenvalue weighted by atomic mass is 35.5. The molecule has 1 aromatic carbocycles. The van der Waals surface area contributed by atoms with E-state index in [0.29, 0.717) is 4.99 Å². The molecule has 2 nitrogen and oxygen atoms in total. The Labute approximate surface area is 134 Å². The summed E-state index contributed by atoms with van der Waals surface area (Å²) in [7, 11) is 0. The van der Waals surface area contributed by atoms with Crippen LogP contribution in [-0.2, 0) is 13.1 Å². The van der Waals surface area contributed by atoms with E-state index in [1.54, 1.807) is 11.3 Å². The maximum atomic E-state index is 6.32. The summed E-state index contributed by atoms with van der Waals surface area (Å²) in [5.41, 5.74) is 7.53. The minimum absolute atomic E-state index is 0.379. The number of hydrogen-bond acceptors (Lipinski definition) is 3. The molecule has 0 saturated carbocycles. The summed E-state index contributed by atoms with van der Waals surface area (Å²) in [6.07, 6.45) is 0. The second-order valence-corrected chi connectivity index (χ2v) is 6.43. The highest BCUT2D eigenvalue weighted by Crippen LogP contribution is 2.21. The molecule has 20 heavy (non-hydrogen) atoms. The normalized spacial score (nSPS) is 10.9. The number of benzene rings is 1. The minimum Gasteiger partial charge on any atom is -0.389 e. The van der Waals surface area contributed by atoms with Crippen LogP contribution in [0.15, 0.2) is 35.7 Å². The molecule has 0 unspecified atom stereocenters. The highest BCUT2D eigenvalue weighted by Gasteiger charge is 2.09. The quantitative estimate of drug-likeness (QED) is 0.813. The van der Waals surface area contributed by atoms with Crippen molar-refractivity contribution in [2.75, 3.05) is 6.54 Å². The Morgan fingerprint density at radius 1 is 1.35 bits per heavy atom. The fourth-order valence-electron chi connectivity index (χ4n) is 1.97. The van der Waals surface area contributed by atoms with Gasteiger partial charge in [0.15, 0.2) is 0 Å². The molecule has 1 aromatic heterocycles. The third-order valence-corrected chi connectivity index (χ3v) is 4.59. The second-order valence-electron chi connectivity index (χ2n) is 4.55. The average Bonchev–Trinajstić information content (AvgIpc) is 2.92. The van der Waals surface area contributed by atoms with Crippen LogP contribution in [-0.4, -0.2) is 16.4 Å². The molecule has 1 heterocycles. The molecule has 0 fully saturated rings. The van der Waals surface area contributed by atoms with Crippen molar-refractivity contribution < 1.29 is 0 Å². The Morgan fingerprint density at radius 3 is 2.70 bits per heavy atom. The van der Waals surface area contributed by atoms with Gasteiger partial charge in [0.25, 0.3) is 0 Å². The van der Waals surface area contributed by atoms with Gasteiger partial charge in [0.1, 0.15) is 4.99 Å². The predicted octanol–water partition coefficient (Wildman–Crippen LogP) is 4.06. The topological polar surface area (TPSA) is 29.3 Å². The largest absolute Gasteiger partial charge is 0.389 e. The van der Waals surface area contributed by atoms with Gasteiger partial charge in [0, 0.05) is 28.6 Å². The van der Waals surface area contributed by atoms with Gasteiger partial charge in [0.05, 0.1) is 0 Å². The molecule has 2 rings (SSSR count). The zero-order valence-electron chi connectivity index (χ0n) is 11.3. The lowest BCUT2D eigenvalue weighted by atomic mass is 10.1. The van der Waals surface area contributed by atoms with Crippen LogP contribution in [0.2, 0.25) is 5.02 Å². The monoisotopic (exact) mass is 324 g/mol. The van der Waals surface area contributed by atoms with Gasteiger partial charge in [-0.1, -0.05) is 48.9 Å². The molecule has 0 aliphatic carbocycles. The number of nitrogens with two attached hydrogens (primary N) is 1. The Bertz CT molecular complexity index is 582. The van der Waals surface area contributed by atoms with Crippen molar-refractivity contribution >= 4 is 40.1 Å². The summed E-state index contributed by atoms with van der Waals surface area (Å²) in [5.74, 6) is 0. The zero-order chi connectivity index (χ0) is 14.5. The van der Waals surface area contributed by atoms with Crippen molar-refractivity contribution in [3.63, 3.8) is 0 Å². The molecule has 0 saturated heterocycles. The number of halogens is 1. The summed E-state index contributed by atoms with van der Waals surface area (Å²) >= 11 is 13.1. The molecule has 106 valence electrons. The van der Waals surface area contributed by atoms with Crippen LogP contribution >= 0.6 is 35.2 Å². The molecule has 0 spiro atoms. The summed E-state index contributed by atoms with van der Waals surface area (Å²) < 4.78 is 0. The van der Waals surface area contributed by atoms with Gasteiger partial charge in [-0.25, -0.2) is 0 Å². The number of hydrogen-bond donors (Lipinski definition) is 1. The fourth-order valence-corrected chi connectivity index (χ4v) is 3.09. The van der Waals surface area contributed by atoms with Crippen LogP contribution in [0.4, 0.5) is 0 Å². The maximum Gasteiger partial charge on any atom is 0.104 e. The standard InChI is InChI=1S/C15H17ClN2S2/c1-2-18(10-13-4-3-7-20-13)9-12-6-5-11(15(17)19)8-14(12)16/h3-8H,2,9-10H2,1H3,(H2,17,19). The predicted molar refractivity (Wildman–Crippen MR) is 91.4 cm³/mol. The van der Waals surface area contributed by atoms with Crippen LogP contribution in [0.25, 0.3) is 0 Å². The van der Waals surface area contributed by atoms with E-state index in [9.17, 15) is 0 Å². The number of thiophene rings is 1. The molecule has 2 aromatic rings. The molecule has 2 N–H and O–H groups in total. The number of rotatable bonds is 6. The lowest BCUT2D eigenvalue weighted by Crippen LogP contribution is -2.22. The van der Waals surface area contributed by atoms with Gasteiger partial charge >= 0.3 is 0 Å². The molecule has 0 radical (unpaired) electrons. The van der Waals surface area contributed by atoms with E-state index in [1.165, 1.54) is 4.88 Å². The summed E-state index contributed by atoms with van der Waals surface area (Å²) in [6, 6.07) is 10.0. The average molecular weight is 325 g/mol. The van der Waals surface area contributed by atoms with E-state index in [4.69, 9.17) is 29.6 Å². The van der Waals surface area contributed by atoms with E-state index in [2.05, 4.69) is 29.3 Å². The first kappa shape index (κ1) is 15.4. The van der Waals surface area contributed by atoms with Gasteiger partial charge in [-0.05, 0) is 29.6 Å². The third kappa shape index (κ3) is 4.03. The van der Waals surface area contributed by atoms with Gasteiger partial charge in [-0.3, -0.25) is 4.90 Å². The molecular weight excluding hydrogens is 308 g/mol. The van der Waals surface area contributed by atoms with Gasteiger partial charge < -0.3 is 5.73 Å². The molecule has 0 atom stereocenters. The second kappa shape index (κ2) is 7.18. The maximum absolute atomic E-state index is 6.32. The summed E-state index contributed by atoms with van der Waals surface area (Å²) in [5, 5.41) is 2.83. The Morgan fingerprint density at radius 2 is 2.15 bits per heavy atom. The summed E-state index contributed by atoms with van der Waals surface area (Å²) in [4.78, 5) is 4.10. The molecule has 0 bridgehead atoms. The first-order valence-electron chi connectivity index (χ1n) is 6.43. The van der Waals surface area contributed by atoms with Gasteiger partial charge in [-0.15, -0.1) is 11.3 Å². The molecule has 0 amide bonds. The number of thiocarbonyl (C=S) groups is 1. The van der Waals surface area contributed by atoms with Crippen LogP contribution < -0.4 is 5.73 Å². The van der Waals surface area contributed by atoms with Crippen molar-refractivity contribution in [2.45, 2.75) is 20.0 Å². The van der Waals surface area contributed by atoms with Crippen LogP contribution in [0.3, 0.4) is 0 Å². The van der Waals surface area contributed by atoms with Crippen molar-refractivity contribution in [3.8, 4) is 0 Å². The lowest BCUT2D eigenvalue weighted by molar-refractivity contribution is 0.274. The molecule has 0 aliphatic rings. The smallest absolute Gasteiger partial charge is 0.104 e. The lowest BCUT2D eigenvalue weighted by Gasteiger charge is -2.20. The first-order valence-corrected chi connectivity index (χ1v) is 8.09. The fraction of sp³-hybridized carbons (Fsp3) is 0.267. The number of nitrogens with zero attached hydrogens (tertiary/aromatic N) is 1. The van der Waals surface area contributed by atoms with Crippen LogP contribution in [0, 0.1) is 0 Å². The van der Waals surface area contributed by atoms with Crippen molar-refractivity contribution in [3.05, 3.63) is 56.7 Å². The molecular formula is C15H17ClN2S2. The van der Waals surface area contributed by atoms with E-state index in [1.807, 2.05) is 18.2 Å². The van der Waals surface area contributed by atoms with Gasteiger partial charge in [-0.2, -0.15) is 0 Å². The SMILES string of the molecule is CCN(Cc1cccs1)Cc1ccc(C(N)=S)cc1Cl. The van der Waals surface area contributed by atoms with E-state index in [-0.39, 0.29) is 0 Å². The highest BCUT2D eigenvalue weighted by molar-refractivity contribution is 7.80. The Balaban J connectivity index is 2.09. The zero-order valence-corrected chi connectivity index (χ0v) is 13.7. The van der Waals surface area contributed by atoms with Crippen molar-refractivity contribution in [2.24, 2.45) is 5.73 Å². The Hall–Kier alpha value is -0.940. The van der Waals surface area contributed by atoms with Crippen LogP contribution in [0.1, 0.15) is 22.9 Å². The van der Waals surface area contributed by atoms with E-state index >= 15 is 0 Å². The van der Waals surface area contributed by atoms with Crippen LogP contribution in [0.5, 0.6) is 0 Å².